The standard InChI is InChI=1S/C15H16F2N4O4/c1-20(7-15(16,17)8-22)11(23)6-21-13-9(3-2-4-19-13)5-10(12(18)24)14(21)25/h2-5,22H,6-8H2,1H3,(H2,18,24). The van der Waals surface area contributed by atoms with Gasteiger partial charge in [0.25, 0.3) is 17.4 Å². The molecule has 0 fully saturated rings. The number of amides is 2. The molecular formula is C15H16F2N4O4. The SMILES string of the molecule is CN(CC(F)(F)CO)C(=O)Cn1c(=O)c(C(N)=O)cc2cccnc21. The van der Waals surface area contributed by atoms with E-state index in [1.807, 2.05) is 0 Å². The van der Waals surface area contributed by atoms with Gasteiger partial charge in [-0.3, -0.25) is 19.0 Å². The number of pyridine rings is 2. The maximum Gasteiger partial charge on any atom is 0.287 e. The van der Waals surface area contributed by atoms with E-state index in [4.69, 9.17) is 10.8 Å². The van der Waals surface area contributed by atoms with Crippen LogP contribution >= 0.6 is 0 Å². The second-order valence-corrected chi connectivity index (χ2v) is 5.49. The van der Waals surface area contributed by atoms with E-state index in [1.54, 1.807) is 12.1 Å². The molecule has 2 rings (SSSR count). The van der Waals surface area contributed by atoms with E-state index in [9.17, 15) is 23.2 Å². The average molecular weight is 354 g/mol. The number of aliphatic hydroxyl groups is 1. The second kappa shape index (κ2) is 6.93. The van der Waals surface area contributed by atoms with Gasteiger partial charge in [-0.25, -0.2) is 13.8 Å². The first-order valence-electron chi connectivity index (χ1n) is 7.17. The molecule has 25 heavy (non-hydrogen) atoms. The van der Waals surface area contributed by atoms with Crippen molar-refractivity contribution in [2.24, 2.45) is 5.73 Å². The van der Waals surface area contributed by atoms with E-state index in [0.717, 1.165) is 11.6 Å². The fraction of sp³-hybridized carbons (Fsp3) is 0.333. The number of carbonyl (C=O) groups is 2. The Hall–Kier alpha value is -2.88. The second-order valence-electron chi connectivity index (χ2n) is 5.49. The van der Waals surface area contributed by atoms with Crippen LogP contribution in [0.2, 0.25) is 0 Å². The lowest BCUT2D eigenvalue weighted by Crippen LogP contribution is -2.43. The van der Waals surface area contributed by atoms with E-state index < -0.39 is 43.0 Å². The molecule has 8 nitrogen and oxygen atoms in total. The minimum atomic E-state index is -3.47. The largest absolute Gasteiger partial charge is 0.390 e. The monoisotopic (exact) mass is 354 g/mol. The lowest BCUT2D eigenvalue weighted by molar-refractivity contribution is -0.137. The van der Waals surface area contributed by atoms with Crippen molar-refractivity contribution in [3.8, 4) is 0 Å². The minimum Gasteiger partial charge on any atom is -0.390 e. The van der Waals surface area contributed by atoms with Gasteiger partial charge in [-0.1, -0.05) is 0 Å². The molecule has 0 bridgehead atoms. The Labute approximate surface area is 140 Å². The number of halogens is 2. The van der Waals surface area contributed by atoms with Crippen LogP contribution < -0.4 is 11.3 Å². The molecule has 2 aromatic heterocycles. The van der Waals surface area contributed by atoms with E-state index in [-0.39, 0.29) is 11.2 Å². The van der Waals surface area contributed by atoms with Crippen molar-refractivity contribution in [2.75, 3.05) is 20.2 Å². The number of nitrogens with zero attached hydrogens (tertiary/aromatic N) is 3. The number of aromatic nitrogens is 2. The predicted octanol–water partition coefficient (Wildman–Crippen LogP) is -0.419. The van der Waals surface area contributed by atoms with Crippen LogP contribution in [0.5, 0.6) is 0 Å². The third-order valence-electron chi connectivity index (χ3n) is 3.53. The van der Waals surface area contributed by atoms with E-state index >= 15 is 0 Å². The Balaban J connectivity index is 2.43. The number of alkyl halides is 2. The fourth-order valence-corrected chi connectivity index (χ4v) is 2.27. The van der Waals surface area contributed by atoms with Crippen molar-refractivity contribution in [3.63, 3.8) is 0 Å². The molecule has 0 unspecified atom stereocenters. The summed E-state index contributed by atoms with van der Waals surface area (Å²) >= 11 is 0. The van der Waals surface area contributed by atoms with E-state index in [1.165, 1.54) is 12.3 Å². The molecule has 3 N–H and O–H groups in total. The van der Waals surface area contributed by atoms with E-state index in [0.29, 0.717) is 10.3 Å². The van der Waals surface area contributed by atoms with Gasteiger partial charge in [0.05, 0.1) is 6.54 Å². The van der Waals surface area contributed by atoms with Crippen LogP contribution in [-0.4, -0.2) is 57.5 Å². The van der Waals surface area contributed by atoms with Crippen molar-refractivity contribution in [3.05, 3.63) is 40.3 Å². The van der Waals surface area contributed by atoms with Gasteiger partial charge in [-0.2, -0.15) is 0 Å². The van der Waals surface area contributed by atoms with Crippen LogP contribution in [0.15, 0.2) is 29.2 Å². The average Bonchev–Trinajstić information content (AvgIpc) is 2.56. The normalized spacial score (nSPS) is 11.5. The molecule has 2 aromatic rings. The van der Waals surface area contributed by atoms with Crippen LogP contribution in [-0.2, 0) is 11.3 Å². The molecule has 2 amide bonds. The van der Waals surface area contributed by atoms with Gasteiger partial charge in [0.1, 0.15) is 24.4 Å². The van der Waals surface area contributed by atoms with Gasteiger partial charge in [0.2, 0.25) is 5.91 Å². The zero-order valence-electron chi connectivity index (χ0n) is 13.3. The van der Waals surface area contributed by atoms with Crippen molar-refractivity contribution < 1.29 is 23.5 Å². The molecule has 0 aliphatic heterocycles. The Morgan fingerprint density at radius 2 is 2.12 bits per heavy atom. The Kier molecular flexibility index (Phi) is 5.12. The third kappa shape index (κ3) is 3.97. The Morgan fingerprint density at radius 3 is 2.72 bits per heavy atom. The summed E-state index contributed by atoms with van der Waals surface area (Å²) in [5.41, 5.74) is 4.12. The molecule has 0 aliphatic rings. The quantitative estimate of drug-likeness (QED) is 0.730. The number of fused-ring (bicyclic) bond motifs is 1. The van der Waals surface area contributed by atoms with Crippen molar-refractivity contribution in [1.29, 1.82) is 0 Å². The highest BCUT2D eigenvalue weighted by molar-refractivity contribution is 5.96. The molecule has 0 aliphatic carbocycles. The molecule has 0 saturated carbocycles. The zero-order valence-corrected chi connectivity index (χ0v) is 13.3. The smallest absolute Gasteiger partial charge is 0.287 e. The maximum atomic E-state index is 13.2. The first-order chi connectivity index (χ1) is 11.7. The molecular weight excluding hydrogens is 338 g/mol. The minimum absolute atomic E-state index is 0.119. The molecule has 0 radical (unpaired) electrons. The molecule has 2 heterocycles. The number of hydrogen-bond donors (Lipinski definition) is 2. The lowest BCUT2D eigenvalue weighted by atomic mass is 10.2. The van der Waals surface area contributed by atoms with Crippen LogP contribution in [0.1, 0.15) is 10.4 Å². The van der Waals surface area contributed by atoms with Gasteiger partial charge in [0, 0.05) is 18.6 Å². The van der Waals surface area contributed by atoms with E-state index in [2.05, 4.69) is 4.98 Å². The summed E-state index contributed by atoms with van der Waals surface area (Å²) in [6, 6.07) is 4.40. The number of primary amides is 1. The maximum absolute atomic E-state index is 13.2. The molecule has 134 valence electrons. The fourth-order valence-electron chi connectivity index (χ4n) is 2.27. The van der Waals surface area contributed by atoms with Gasteiger partial charge >= 0.3 is 0 Å². The van der Waals surface area contributed by atoms with Crippen molar-refractivity contribution >= 4 is 22.8 Å². The number of likely N-dealkylation sites (N-methyl/N-ethyl adjacent to an activating group) is 1. The number of hydrogen-bond acceptors (Lipinski definition) is 5. The number of rotatable bonds is 6. The topological polar surface area (TPSA) is 119 Å². The highest BCUT2D eigenvalue weighted by atomic mass is 19.3. The number of carbonyl (C=O) groups excluding carboxylic acids is 2. The van der Waals surface area contributed by atoms with Gasteiger partial charge < -0.3 is 15.7 Å². The van der Waals surface area contributed by atoms with Gasteiger partial charge in [-0.05, 0) is 18.2 Å². The summed E-state index contributed by atoms with van der Waals surface area (Å²) in [5, 5.41) is 8.99. The summed E-state index contributed by atoms with van der Waals surface area (Å²) in [6.45, 7) is -3.03. The zero-order chi connectivity index (χ0) is 18.8. The van der Waals surface area contributed by atoms with Gasteiger partial charge in [0.15, 0.2) is 0 Å². The summed E-state index contributed by atoms with van der Waals surface area (Å²) < 4.78 is 27.3. The molecule has 0 atom stereocenters. The highest BCUT2D eigenvalue weighted by Crippen LogP contribution is 2.14. The number of aliphatic hydroxyl groups excluding tert-OH is 1. The van der Waals surface area contributed by atoms with Crippen LogP contribution in [0, 0.1) is 0 Å². The van der Waals surface area contributed by atoms with Crippen molar-refractivity contribution in [1.82, 2.24) is 14.5 Å². The van der Waals surface area contributed by atoms with Crippen LogP contribution in [0.25, 0.3) is 11.0 Å². The Morgan fingerprint density at radius 1 is 1.44 bits per heavy atom. The Bertz CT molecular complexity index is 881. The number of nitrogens with two attached hydrogens (primary N) is 1. The molecule has 10 heteroatoms. The predicted molar refractivity (Wildman–Crippen MR) is 84.2 cm³/mol. The molecule has 0 spiro atoms. The third-order valence-corrected chi connectivity index (χ3v) is 3.53. The van der Waals surface area contributed by atoms with Crippen LogP contribution in [0.3, 0.4) is 0 Å². The summed E-state index contributed by atoms with van der Waals surface area (Å²) in [7, 11) is 1.12. The first-order valence-corrected chi connectivity index (χ1v) is 7.17. The van der Waals surface area contributed by atoms with Crippen LogP contribution in [0.4, 0.5) is 8.78 Å². The summed E-state index contributed by atoms with van der Waals surface area (Å²) in [5.74, 6) is -5.26. The highest BCUT2D eigenvalue weighted by Gasteiger charge is 2.31. The molecule has 0 aromatic carbocycles. The molecule has 0 saturated heterocycles. The summed E-state index contributed by atoms with van der Waals surface area (Å²) in [4.78, 5) is 40.7. The van der Waals surface area contributed by atoms with Gasteiger partial charge in [-0.15, -0.1) is 0 Å². The first kappa shape index (κ1) is 18.5. The lowest BCUT2D eigenvalue weighted by Gasteiger charge is -2.23. The summed E-state index contributed by atoms with van der Waals surface area (Å²) in [6.07, 6.45) is 1.39. The van der Waals surface area contributed by atoms with Crippen molar-refractivity contribution in [2.45, 2.75) is 12.5 Å².